The van der Waals surface area contributed by atoms with Gasteiger partial charge in [-0.25, -0.2) is 22.0 Å². The van der Waals surface area contributed by atoms with E-state index >= 15 is 0 Å². The molecular weight excluding hydrogens is 697 g/mol. The lowest BCUT2D eigenvalue weighted by molar-refractivity contribution is -0.114. The van der Waals surface area contributed by atoms with Crippen LogP contribution in [0.4, 0.5) is 27.6 Å². The van der Waals surface area contributed by atoms with Crippen molar-refractivity contribution in [3.63, 3.8) is 0 Å². The van der Waals surface area contributed by atoms with Crippen molar-refractivity contribution in [3.05, 3.63) is 95.4 Å². The summed E-state index contributed by atoms with van der Waals surface area (Å²) in [5.41, 5.74) is 0.111. The number of halogens is 7. The molecule has 11 heteroatoms. The zero-order valence-electron chi connectivity index (χ0n) is 17.7. The van der Waals surface area contributed by atoms with Gasteiger partial charge in [-0.05, 0) is 81.4 Å². The van der Waals surface area contributed by atoms with Gasteiger partial charge in [-0.2, -0.15) is 10.1 Å². The summed E-state index contributed by atoms with van der Waals surface area (Å²) >= 11 is 4.16. The van der Waals surface area contributed by atoms with E-state index in [4.69, 9.17) is 4.74 Å². The van der Waals surface area contributed by atoms with Gasteiger partial charge in [-0.15, -0.1) is 0 Å². The second-order valence-corrected chi connectivity index (χ2v) is 9.69. The Hall–Kier alpha value is -2.55. The smallest absolute Gasteiger partial charge is 0.280 e. The molecule has 0 bridgehead atoms. The average molecular weight is 710 g/mol. The van der Waals surface area contributed by atoms with Crippen molar-refractivity contribution < 1.29 is 31.5 Å². The molecule has 0 radical (unpaired) electrons. The SMILES string of the molecule is CC1=NN(c2c(F)c(F)c(F)c(F)c2F)C(=O)/C1=C/c1cc(I)c(OCc2ccccc2)c(I)c1. The zero-order valence-corrected chi connectivity index (χ0v) is 22.0. The third-order valence-corrected chi connectivity index (χ3v) is 6.62. The van der Waals surface area contributed by atoms with Crippen molar-refractivity contribution in [2.24, 2.45) is 5.10 Å². The Balaban J connectivity index is 1.64. The number of benzene rings is 3. The molecular formula is C24H13F5I2N2O2. The van der Waals surface area contributed by atoms with Gasteiger partial charge in [0.25, 0.3) is 5.91 Å². The van der Waals surface area contributed by atoms with Gasteiger partial charge in [0, 0.05) is 0 Å². The minimum absolute atomic E-state index is 0.0494. The summed E-state index contributed by atoms with van der Waals surface area (Å²) in [7, 11) is 0. The lowest BCUT2D eigenvalue weighted by atomic mass is 10.1. The van der Waals surface area contributed by atoms with Gasteiger partial charge in [0.2, 0.25) is 5.82 Å². The van der Waals surface area contributed by atoms with Crippen LogP contribution in [0.3, 0.4) is 0 Å². The zero-order chi connectivity index (χ0) is 25.4. The summed E-state index contributed by atoms with van der Waals surface area (Å²) in [5.74, 6) is -11.3. The Morgan fingerprint density at radius 3 is 2.03 bits per heavy atom. The number of anilines is 1. The van der Waals surface area contributed by atoms with Crippen LogP contribution >= 0.6 is 45.2 Å². The fraction of sp³-hybridized carbons (Fsp3) is 0.0833. The van der Waals surface area contributed by atoms with E-state index in [9.17, 15) is 26.7 Å². The highest BCUT2D eigenvalue weighted by Gasteiger charge is 2.37. The Morgan fingerprint density at radius 1 is 0.914 bits per heavy atom. The van der Waals surface area contributed by atoms with Crippen molar-refractivity contribution in [2.75, 3.05) is 5.01 Å². The first-order valence-electron chi connectivity index (χ1n) is 9.89. The molecule has 0 fully saturated rings. The van der Waals surface area contributed by atoms with Crippen LogP contribution in [-0.4, -0.2) is 11.6 Å². The first-order chi connectivity index (χ1) is 16.6. The molecule has 4 nitrogen and oxygen atoms in total. The van der Waals surface area contributed by atoms with E-state index in [1.54, 1.807) is 12.1 Å². The molecule has 3 aromatic rings. The Bertz CT molecular complexity index is 1360. The minimum atomic E-state index is -2.31. The van der Waals surface area contributed by atoms with Gasteiger partial charge < -0.3 is 4.74 Å². The number of nitrogens with zero attached hydrogens (tertiary/aromatic N) is 2. The molecule has 0 saturated carbocycles. The molecule has 0 N–H and O–H groups in total. The number of hydrogen-bond donors (Lipinski definition) is 0. The molecule has 1 amide bonds. The third kappa shape index (κ3) is 4.92. The first-order valence-corrected chi connectivity index (χ1v) is 12.0. The van der Waals surface area contributed by atoms with Crippen molar-refractivity contribution in [3.8, 4) is 5.75 Å². The lowest BCUT2D eigenvalue weighted by Gasteiger charge is -2.15. The normalized spacial score (nSPS) is 14.6. The second kappa shape index (κ2) is 10.2. The van der Waals surface area contributed by atoms with Crippen molar-refractivity contribution in [1.82, 2.24) is 0 Å². The van der Waals surface area contributed by atoms with Gasteiger partial charge in [-0.1, -0.05) is 30.3 Å². The number of carbonyl (C=O) groups excluding carboxylic acids is 1. The molecule has 180 valence electrons. The molecule has 35 heavy (non-hydrogen) atoms. The summed E-state index contributed by atoms with van der Waals surface area (Å²) < 4.78 is 76.6. The van der Waals surface area contributed by atoms with Gasteiger partial charge in [0.15, 0.2) is 23.3 Å². The highest BCUT2D eigenvalue weighted by Crippen LogP contribution is 2.35. The highest BCUT2D eigenvalue weighted by atomic mass is 127. The molecule has 0 aromatic heterocycles. The third-order valence-electron chi connectivity index (χ3n) is 5.02. The Morgan fingerprint density at radius 2 is 1.46 bits per heavy atom. The Labute approximate surface area is 223 Å². The van der Waals surface area contributed by atoms with Crippen LogP contribution in [-0.2, 0) is 11.4 Å². The van der Waals surface area contributed by atoms with Crippen molar-refractivity contribution in [1.29, 1.82) is 0 Å². The van der Waals surface area contributed by atoms with E-state index in [1.807, 2.05) is 30.3 Å². The standard InChI is InChI=1S/C24H13F5I2N2O2/c1-11-14(24(34)33(32-11)22-20(28)18(26)17(25)19(27)21(22)29)7-13-8-15(30)23(16(31)9-13)35-10-12-5-3-2-4-6-12/h2-9H,10H2,1H3/b14-7+. The second-order valence-electron chi connectivity index (χ2n) is 7.37. The van der Waals surface area contributed by atoms with Crippen LogP contribution < -0.4 is 9.75 Å². The van der Waals surface area contributed by atoms with Crippen LogP contribution in [0.1, 0.15) is 18.1 Å². The van der Waals surface area contributed by atoms with Gasteiger partial charge in [-0.3, -0.25) is 4.79 Å². The summed E-state index contributed by atoms with van der Waals surface area (Å²) in [5, 5.41) is 3.93. The predicted molar refractivity (Wildman–Crippen MR) is 137 cm³/mol. The van der Waals surface area contributed by atoms with Crippen LogP contribution in [0.15, 0.2) is 53.1 Å². The maximum absolute atomic E-state index is 14.2. The average Bonchev–Trinajstić information content (AvgIpc) is 3.10. The van der Waals surface area contributed by atoms with Crippen LogP contribution in [0.25, 0.3) is 6.08 Å². The van der Waals surface area contributed by atoms with Gasteiger partial charge in [0.05, 0.1) is 18.4 Å². The largest absolute Gasteiger partial charge is 0.487 e. The Kier molecular flexibility index (Phi) is 7.45. The molecule has 4 rings (SSSR count). The van der Waals surface area contributed by atoms with Gasteiger partial charge >= 0.3 is 0 Å². The molecule has 0 spiro atoms. The molecule has 0 saturated heterocycles. The van der Waals surface area contributed by atoms with E-state index in [-0.39, 0.29) is 16.3 Å². The number of rotatable bonds is 5. The molecule has 3 aromatic carbocycles. The molecule has 1 heterocycles. The van der Waals surface area contributed by atoms with Crippen molar-refractivity contribution in [2.45, 2.75) is 13.5 Å². The maximum Gasteiger partial charge on any atom is 0.280 e. The van der Waals surface area contributed by atoms with E-state index in [2.05, 4.69) is 50.3 Å². The predicted octanol–water partition coefficient (Wildman–Crippen LogP) is 6.98. The molecule has 0 unspecified atom stereocenters. The van der Waals surface area contributed by atoms with Crippen LogP contribution in [0, 0.1) is 36.2 Å². The molecule has 1 aliphatic rings. The number of hydrogen-bond acceptors (Lipinski definition) is 3. The van der Waals surface area contributed by atoms with Gasteiger partial charge in [0.1, 0.15) is 18.0 Å². The number of amides is 1. The van der Waals surface area contributed by atoms with E-state index in [0.717, 1.165) is 12.7 Å². The maximum atomic E-state index is 14.2. The van der Waals surface area contributed by atoms with Crippen molar-refractivity contribution >= 4 is 68.6 Å². The summed E-state index contributed by atoms with van der Waals surface area (Å²) in [6.07, 6.45) is 1.43. The van der Waals surface area contributed by atoms with E-state index < -0.39 is 40.7 Å². The number of ether oxygens (including phenoxy) is 1. The fourth-order valence-electron chi connectivity index (χ4n) is 3.31. The van der Waals surface area contributed by atoms with Crippen LogP contribution in [0.2, 0.25) is 0 Å². The van der Waals surface area contributed by atoms with E-state index in [0.29, 0.717) is 17.9 Å². The lowest BCUT2D eigenvalue weighted by Crippen LogP contribution is -2.25. The monoisotopic (exact) mass is 710 g/mol. The molecule has 0 aliphatic carbocycles. The highest BCUT2D eigenvalue weighted by molar-refractivity contribution is 14.1. The van der Waals surface area contributed by atoms with E-state index in [1.165, 1.54) is 13.0 Å². The molecule has 0 atom stereocenters. The summed E-state index contributed by atoms with van der Waals surface area (Å²) in [6.45, 7) is 1.75. The summed E-state index contributed by atoms with van der Waals surface area (Å²) in [4.78, 5) is 12.9. The first kappa shape index (κ1) is 25.5. The molecule has 1 aliphatic heterocycles. The number of carbonyl (C=O) groups is 1. The topological polar surface area (TPSA) is 41.9 Å². The minimum Gasteiger partial charge on any atom is -0.487 e. The summed E-state index contributed by atoms with van der Waals surface area (Å²) in [6, 6.07) is 13.0. The van der Waals surface area contributed by atoms with Crippen LogP contribution in [0.5, 0.6) is 5.75 Å². The number of hydrazone groups is 1. The fourth-order valence-corrected chi connectivity index (χ4v) is 5.44. The quantitative estimate of drug-likeness (QED) is 0.0944.